The van der Waals surface area contributed by atoms with Crippen LogP contribution in [0.2, 0.25) is 0 Å². The number of fused-ring (bicyclic) bond motifs is 1. The summed E-state index contributed by atoms with van der Waals surface area (Å²) in [6.45, 7) is 2.20. The minimum absolute atomic E-state index is 0.00593. The highest BCUT2D eigenvalue weighted by atomic mass is 16.4. The standard InChI is InChI=1S/C12H11NO4/c1-2-13-11(15)9-5-7-3-4-8(14)6-10(7)17-12(9)16/h3-6,14H,2H2,1H3,(H,13,15). The van der Waals surface area contributed by atoms with Crippen LogP contribution in [-0.4, -0.2) is 17.6 Å². The average molecular weight is 233 g/mol. The first kappa shape index (κ1) is 11.2. The van der Waals surface area contributed by atoms with Crippen LogP contribution < -0.4 is 10.9 Å². The second kappa shape index (κ2) is 4.29. The summed E-state index contributed by atoms with van der Waals surface area (Å²) < 4.78 is 4.96. The second-order valence-electron chi connectivity index (χ2n) is 3.53. The predicted molar refractivity (Wildman–Crippen MR) is 62.2 cm³/mol. The van der Waals surface area contributed by atoms with E-state index in [2.05, 4.69) is 5.32 Å². The van der Waals surface area contributed by atoms with E-state index in [-0.39, 0.29) is 16.9 Å². The van der Waals surface area contributed by atoms with Crippen molar-refractivity contribution in [2.45, 2.75) is 6.92 Å². The van der Waals surface area contributed by atoms with E-state index in [9.17, 15) is 14.7 Å². The van der Waals surface area contributed by atoms with Gasteiger partial charge in [-0.1, -0.05) is 0 Å². The van der Waals surface area contributed by atoms with E-state index in [0.29, 0.717) is 11.9 Å². The Bertz CT molecular complexity index is 630. The molecule has 5 nitrogen and oxygen atoms in total. The Morgan fingerprint density at radius 1 is 1.41 bits per heavy atom. The number of phenols is 1. The first-order valence-electron chi connectivity index (χ1n) is 5.17. The summed E-state index contributed by atoms with van der Waals surface area (Å²) in [5.41, 5.74) is -0.498. The molecule has 0 radical (unpaired) electrons. The van der Waals surface area contributed by atoms with Crippen LogP contribution in [0.25, 0.3) is 11.0 Å². The van der Waals surface area contributed by atoms with Gasteiger partial charge in [0, 0.05) is 18.0 Å². The van der Waals surface area contributed by atoms with Crippen LogP contribution in [0.3, 0.4) is 0 Å². The molecule has 0 atom stereocenters. The zero-order valence-corrected chi connectivity index (χ0v) is 9.19. The molecule has 88 valence electrons. The van der Waals surface area contributed by atoms with Crippen molar-refractivity contribution >= 4 is 16.9 Å². The zero-order valence-electron chi connectivity index (χ0n) is 9.19. The summed E-state index contributed by atoms with van der Waals surface area (Å²) in [5, 5.41) is 12.4. The van der Waals surface area contributed by atoms with Crippen LogP contribution in [0.4, 0.5) is 0 Å². The van der Waals surface area contributed by atoms with Crippen molar-refractivity contribution in [1.82, 2.24) is 5.32 Å². The Hall–Kier alpha value is -2.30. The molecule has 0 saturated carbocycles. The van der Waals surface area contributed by atoms with Crippen molar-refractivity contribution in [3.05, 3.63) is 40.2 Å². The predicted octanol–water partition coefficient (Wildman–Crippen LogP) is 1.25. The molecule has 0 aliphatic heterocycles. The Kier molecular flexibility index (Phi) is 2.82. The number of benzene rings is 1. The number of hydrogen-bond donors (Lipinski definition) is 2. The van der Waals surface area contributed by atoms with Crippen LogP contribution in [-0.2, 0) is 0 Å². The third-order valence-corrected chi connectivity index (χ3v) is 2.30. The summed E-state index contributed by atoms with van der Waals surface area (Å²) in [6, 6.07) is 5.82. The van der Waals surface area contributed by atoms with Crippen molar-refractivity contribution in [2.24, 2.45) is 0 Å². The van der Waals surface area contributed by atoms with Gasteiger partial charge in [0.05, 0.1) is 0 Å². The normalized spacial score (nSPS) is 10.4. The number of nitrogens with one attached hydrogen (secondary N) is 1. The molecule has 1 heterocycles. The Morgan fingerprint density at radius 3 is 2.88 bits per heavy atom. The number of aromatic hydroxyl groups is 1. The van der Waals surface area contributed by atoms with Gasteiger partial charge in [-0.2, -0.15) is 0 Å². The highest BCUT2D eigenvalue weighted by molar-refractivity contribution is 5.96. The van der Waals surface area contributed by atoms with Crippen molar-refractivity contribution in [1.29, 1.82) is 0 Å². The minimum Gasteiger partial charge on any atom is -0.508 e. The average Bonchev–Trinajstić information content (AvgIpc) is 2.28. The molecule has 2 rings (SSSR count). The fraction of sp³-hybridized carbons (Fsp3) is 0.167. The van der Waals surface area contributed by atoms with Gasteiger partial charge < -0.3 is 14.8 Å². The monoisotopic (exact) mass is 233 g/mol. The van der Waals surface area contributed by atoms with Crippen LogP contribution in [0, 0.1) is 0 Å². The molecule has 1 aromatic carbocycles. The molecule has 17 heavy (non-hydrogen) atoms. The van der Waals surface area contributed by atoms with Gasteiger partial charge >= 0.3 is 5.63 Å². The molecule has 0 unspecified atom stereocenters. The lowest BCUT2D eigenvalue weighted by atomic mass is 10.1. The van der Waals surface area contributed by atoms with E-state index < -0.39 is 11.5 Å². The number of rotatable bonds is 2. The van der Waals surface area contributed by atoms with Gasteiger partial charge in [-0.25, -0.2) is 4.79 Å². The van der Waals surface area contributed by atoms with E-state index in [1.54, 1.807) is 13.0 Å². The number of amides is 1. The number of carbonyl (C=O) groups excluding carboxylic acids is 1. The van der Waals surface area contributed by atoms with Crippen LogP contribution in [0.1, 0.15) is 17.3 Å². The van der Waals surface area contributed by atoms with Gasteiger partial charge in [0.15, 0.2) is 0 Å². The minimum atomic E-state index is -0.714. The molecule has 2 aromatic rings. The first-order valence-corrected chi connectivity index (χ1v) is 5.17. The van der Waals surface area contributed by atoms with Gasteiger partial charge in [0.1, 0.15) is 16.9 Å². The molecular weight excluding hydrogens is 222 g/mol. The van der Waals surface area contributed by atoms with Gasteiger partial charge in [-0.3, -0.25) is 4.79 Å². The molecule has 0 spiro atoms. The lowest BCUT2D eigenvalue weighted by Gasteiger charge is -2.02. The van der Waals surface area contributed by atoms with Crippen molar-refractivity contribution in [3.8, 4) is 5.75 Å². The topological polar surface area (TPSA) is 79.5 Å². The molecule has 5 heteroatoms. The van der Waals surface area contributed by atoms with E-state index in [0.717, 1.165) is 0 Å². The summed E-state index contributed by atoms with van der Waals surface area (Å²) in [5.74, 6) is -0.456. The lowest BCUT2D eigenvalue weighted by molar-refractivity contribution is 0.0952. The third-order valence-electron chi connectivity index (χ3n) is 2.30. The Balaban J connectivity index is 2.60. The van der Waals surface area contributed by atoms with Crippen molar-refractivity contribution in [3.63, 3.8) is 0 Å². The van der Waals surface area contributed by atoms with Gasteiger partial charge in [-0.05, 0) is 25.1 Å². The fourth-order valence-electron chi connectivity index (χ4n) is 1.51. The lowest BCUT2D eigenvalue weighted by Crippen LogP contribution is -2.27. The highest BCUT2D eigenvalue weighted by Gasteiger charge is 2.12. The summed E-state index contributed by atoms with van der Waals surface area (Å²) in [4.78, 5) is 23.1. The van der Waals surface area contributed by atoms with E-state index in [1.807, 2.05) is 0 Å². The van der Waals surface area contributed by atoms with Crippen LogP contribution in [0.15, 0.2) is 33.5 Å². The maximum atomic E-state index is 11.6. The van der Waals surface area contributed by atoms with Crippen molar-refractivity contribution < 1.29 is 14.3 Å². The maximum Gasteiger partial charge on any atom is 0.349 e. The zero-order chi connectivity index (χ0) is 12.4. The summed E-state index contributed by atoms with van der Waals surface area (Å²) >= 11 is 0. The SMILES string of the molecule is CCNC(=O)c1cc2ccc(O)cc2oc1=O. The Morgan fingerprint density at radius 2 is 2.18 bits per heavy atom. The molecular formula is C12H11NO4. The quantitative estimate of drug-likeness (QED) is 0.765. The number of carbonyl (C=O) groups is 1. The highest BCUT2D eigenvalue weighted by Crippen LogP contribution is 2.19. The summed E-state index contributed by atoms with van der Waals surface area (Å²) in [7, 11) is 0. The molecule has 0 fully saturated rings. The molecule has 0 aliphatic rings. The largest absolute Gasteiger partial charge is 0.508 e. The smallest absolute Gasteiger partial charge is 0.349 e. The first-order chi connectivity index (χ1) is 8.11. The summed E-state index contributed by atoms with van der Waals surface area (Å²) in [6.07, 6.45) is 0. The molecule has 0 saturated heterocycles. The van der Waals surface area contributed by atoms with Crippen LogP contribution >= 0.6 is 0 Å². The van der Waals surface area contributed by atoms with Gasteiger partial charge in [0.2, 0.25) is 0 Å². The van der Waals surface area contributed by atoms with E-state index in [1.165, 1.54) is 18.2 Å². The van der Waals surface area contributed by atoms with Crippen molar-refractivity contribution in [2.75, 3.05) is 6.54 Å². The molecule has 0 bridgehead atoms. The van der Waals surface area contributed by atoms with E-state index >= 15 is 0 Å². The van der Waals surface area contributed by atoms with Gasteiger partial charge in [0.25, 0.3) is 5.91 Å². The van der Waals surface area contributed by atoms with Crippen LogP contribution in [0.5, 0.6) is 5.75 Å². The third kappa shape index (κ3) is 2.13. The second-order valence-corrected chi connectivity index (χ2v) is 3.53. The molecule has 0 aliphatic carbocycles. The van der Waals surface area contributed by atoms with Gasteiger partial charge in [-0.15, -0.1) is 0 Å². The maximum absolute atomic E-state index is 11.6. The Labute approximate surface area is 96.7 Å². The van der Waals surface area contributed by atoms with E-state index in [4.69, 9.17) is 4.42 Å². The molecule has 2 N–H and O–H groups in total. The number of hydrogen-bond acceptors (Lipinski definition) is 4. The fourth-order valence-corrected chi connectivity index (χ4v) is 1.51. The molecule has 1 amide bonds. The number of phenolic OH excluding ortho intramolecular Hbond substituents is 1. The molecule has 1 aromatic heterocycles.